The fraction of sp³-hybridized carbons (Fsp3) is 0.500. The molecule has 4 atom stereocenters. The Balaban J connectivity index is 2.05. The Hall–Kier alpha value is -2.37. The first-order valence-electron chi connectivity index (χ1n) is 11.4. The van der Waals surface area contributed by atoms with Crippen molar-refractivity contribution in [1.29, 1.82) is 0 Å². The van der Waals surface area contributed by atoms with Crippen LogP contribution in [-0.4, -0.2) is 31.6 Å². The van der Waals surface area contributed by atoms with E-state index >= 15 is 0 Å². The van der Waals surface area contributed by atoms with E-state index in [0.29, 0.717) is 19.0 Å². The highest BCUT2D eigenvalue weighted by Gasteiger charge is 2.20. The molecule has 2 rings (SSSR count). The van der Waals surface area contributed by atoms with Crippen molar-refractivity contribution in [3.63, 3.8) is 0 Å². The molecule has 0 spiro atoms. The third-order valence-electron chi connectivity index (χ3n) is 5.42. The fourth-order valence-electron chi connectivity index (χ4n) is 3.51. The predicted octanol–water partition coefficient (Wildman–Crippen LogP) is 4.40. The van der Waals surface area contributed by atoms with Crippen molar-refractivity contribution in [3.05, 3.63) is 65.7 Å². The molecule has 0 saturated heterocycles. The summed E-state index contributed by atoms with van der Waals surface area (Å²) in [5, 5.41) is 6.57. The van der Waals surface area contributed by atoms with Crippen molar-refractivity contribution in [2.24, 2.45) is 11.7 Å². The average Bonchev–Trinajstić information content (AvgIpc) is 2.77. The van der Waals surface area contributed by atoms with E-state index in [0.717, 1.165) is 29.9 Å². The SMILES string of the molecule is CCCC(C)COc1ccc([C@H](CNC[C@H](C)N)NC(=O)C(C)c2ccccc2)cc1. The lowest BCUT2D eigenvalue weighted by Crippen LogP contribution is -2.40. The summed E-state index contributed by atoms with van der Waals surface area (Å²) in [5.41, 5.74) is 7.92. The maximum atomic E-state index is 12.9. The number of nitrogens with one attached hydrogen (secondary N) is 2. The van der Waals surface area contributed by atoms with Crippen LogP contribution < -0.4 is 21.1 Å². The zero-order valence-corrected chi connectivity index (χ0v) is 19.4. The normalized spacial score (nSPS) is 15.0. The van der Waals surface area contributed by atoms with Crippen LogP contribution in [0.1, 0.15) is 63.6 Å². The number of benzene rings is 2. The molecule has 0 aromatic heterocycles. The number of hydrogen-bond acceptors (Lipinski definition) is 4. The van der Waals surface area contributed by atoms with Crippen molar-refractivity contribution in [2.75, 3.05) is 19.7 Å². The van der Waals surface area contributed by atoms with Gasteiger partial charge in [0.05, 0.1) is 18.6 Å². The lowest BCUT2D eigenvalue weighted by Gasteiger charge is -2.23. The summed E-state index contributed by atoms with van der Waals surface area (Å²) in [6.45, 7) is 10.3. The molecular weight excluding hydrogens is 386 g/mol. The second-order valence-corrected chi connectivity index (χ2v) is 8.60. The number of nitrogens with two attached hydrogens (primary N) is 1. The van der Waals surface area contributed by atoms with E-state index in [1.54, 1.807) is 0 Å². The molecule has 0 heterocycles. The number of amides is 1. The Morgan fingerprint density at radius 2 is 1.65 bits per heavy atom. The average molecular weight is 426 g/mol. The summed E-state index contributed by atoms with van der Waals surface area (Å²) in [4.78, 5) is 12.9. The summed E-state index contributed by atoms with van der Waals surface area (Å²) in [6.07, 6.45) is 2.33. The van der Waals surface area contributed by atoms with Gasteiger partial charge in [0, 0.05) is 19.1 Å². The molecule has 0 fully saturated rings. The topological polar surface area (TPSA) is 76.4 Å². The van der Waals surface area contributed by atoms with Crippen LogP contribution in [0.5, 0.6) is 5.75 Å². The van der Waals surface area contributed by atoms with Gasteiger partial charge in [-0.2, -0.15) is 0 Å². The van der Waals surface area contributed by atoms with E-state index in [-0.39, 0.29) is 23.9 Å². The monoisotopic (exact) mass is 425 g/mol. The Labute approximate surface area is 187 Å². The van der Waals surface area contributed by atoms with Crippen molar-refractivity contribution in [3.8, 4) is 5.75 Å². The van der Waals surface area contributed by atoms with Gasteiger partial charge in [-0.3, -0.25) is 4.79 Å². The first-order valence-corrected chi connectivity index (χ1v) is 11.4. The molecule has 170 valence electrons. The molecule has 1 amide bonds. The van der Waals surface area contributed by atoms with Crippen LogP contribution in [0.3, 0.4) is 0 Å². The van der Waals surface area contributed by atoms with Gasteiger partial charge in [-0.25, -0.2) is 0 Å². The second kappa shape index (κ2) is 13.1. The number of carbonyl (C=O) groups excluding carboxylic acids is 1. The van der Waals surface area contributed by atoms with Crippen molar-refractivity contribution in [2.45, 2.75) is 58.5 Å². The standard InChI is InChI=1S/C26H39N3O2/c1-5-9-19(2)18-31-24-14-12-23(13-15-24)25(17-28-16-20(3)27)29-26(30)21(4)22-10-7-6-8-11-22/h6-8,10-15,19-21,25,28H,5,9,16-18,27H2,1-4H3,(H,29,30)/t19?,20-,21?,25-/m0/s1. The fourth-order valence-corrected chi connectivity index (χ4v) is 3.51. The van der Waals surface area contributed by atoms with Crippen LogP contribution in [-0.2, 0) is 4.79 Å². The van der Waals surface area contributed by atoms with Crippen molar-refractivity contribution < 1.29 is 9.53 Å². The van der Waals surface area contributed by atoms with Gasteiger partial charge in [-0.05, 0) is 49.4 Å². The Bertz CT molecular complexity index is 762. The highest BCUT2D eigenvalue weighted by molar-refractivity contribution is 5.83. The van der Waals surface area contributed by atoms with Gasteiger partial charge in [0.25, 0.3) is 0 Å². The number of ether oxygens (including phenoxy) is 1. The molecule has 2 aromatic carbocycles. The minimum Gasteiger partial charge on any atom is -0.493 e. The molecule has 0 bridgehead atoms. The number of hydrogen-bond donors (Lipinski definition) is 3. The van der Waals surface area contributed by atoms with Gasteiger partial charge < -0.3 is 21.1 Å². The highest BCUT2D eigenvalue weighted by Crippen LogP contribution is 2.21. The smallest absolute Gasteiger partial charge is 0.227 e. The van der Waals surface area contributed by atoms with Gasteiger partial charge in [-0.1, -0.05) is 62.7 Å². The van der Waals surface area contributed by atoms with Crippen LogP contribution in [0.2, 0.25) is 0 Å². The molecule has 5 heteroatoms. The molecule has 0 aliphatic rings. The zero-order valence-electron chi connectivity index (χ0n) is 19.4. The molecule has 0 aliphatic heterocycles. The van der Waals surface area contributed by atoms with E-state index in [1.807, 2.05) is 68.4 Å². The minimum absolute atomic E-state index is 0.00696. The van der Waals surface area contributed by atoms with Gasteiger partial charge >= 0.3 is 0 Å². The van der Waals surface area contributed by atoms with Crippen molar-refractivity contribution >= 4 is 5.91 Å². The predicted molar refractivity (Wildman–Crippen MR) is 128 cm³/mol. The molecular formula is C26H39N3O2. The molecule has 5 nitrogen and oxygen atoms in total. The van der Waals surface area contributed by atoms with Crippen LogP contribution in [0.15, 0.2) is 54.6 Å². The summed E-state index contributed by atoms with van der Waals surface area (Å²) in [5.74, 6) is 1.18. The molecule has 2 unspecified atom stereocenters. The maximum Gasteiger partial charge on any atom is 0.227 e. The maximum absolute atomic E-state index is 12.9. The van der Waals surface area contributed by atoms with Gasteiger partial charge in [0.1, 0.15) is 5.75 Å². The van der Waals surface area contributed by atoms with Gasteiger partial charge in [0.2, 0.25) is 5.91 Å². The Morgan fingerprint density at radius 1 is 0.968 bits per heavy atom. The Kier molecular flexibility index (Phi) is 10.5. The summed E-state index contributed by atoms with van der Waals surface area (Å²) < 4.78 is 5.93. The third-order valence-corrected chi connectivity index (χ3v) is 5.42. The molecule has 4 N–H and O–H groups in total. The Morgan fingerprint density at radius 3 is 2.26 bits per heavy atom. The lowest BCUT2D eigenvalue weighted by atomic mass is 9.99. The molecule has 0 radical (unpaired) electrons. The van der Waals surface area contributed by atoms with Crippen LogP contribution in [0.4, 0.5) is 0 Å². The molecule has 2 aromatic rings. The van der Waals surface area contributed by atoms with E-state index in [1.165, 1.54) is 6.42 Å². The summed E-state index contributed by atoms with van der Waals surface area (Å²) in [7, 11) is 0. The second-order valence-electron chi connectivity index (χ2n) is 8.60. The van der Waals surface area contributed by atoms with Crippen LogP contribution in [0, 0.1) is 5.92 Å². The largest absolute Gasteiger partial charge is 0.493 e. The van der Waals surface area contributed by atoms with E-state index < -0.39 is 0 Å². The van der Waals surface area contributed by atoms with Crippen LogP contribution in [0.25, 0.3) is 0 Å². The highest BCUT2D eigenvalue weighted by atomic mass is 16.5. The first kappa shape index (κ1) is 24.9. The van der Waals surface area contributed by atoms with Crippen LogP contribution >= 0.6 is 0 Å². The van der Waals surface area contributed by atoms with Gasteiger partial charge in [-0.15, -0.1) is 0 Å². The third kappa shape index (κ3) is 8.72. The summed E-state index contributed by atoms with van der Waals surface area (Å²) >= 11 is 0. The lowest BCUT2D eigenvalue weighted by molar-refractivity contribution is -0.123. The van der Waals surface area contributed by atoms with E-state index in [9.17, 15) is 4.79 Å². The first-order chi connectivity index (χ1) is 14.9. The number of rotatable bonds is 13. The zero-order chi connectivity index (χ0) is 22.6. The van der Waals surface area contributed by atoms with E-state index in [4.69, 9.17) is 10.5 Å². The molecule has 0 aliphatic carbocycles. The minimum atomic E-state index is -0.222. The molecule has 31 heavy (non-hydrogen) atoms. The quantitative estimate of drug-likeness (QED) is 0.445. The molecule has 0 saturated carbocycles. The van der Waals surface area contributed by atoms with E-state index in [2.05, 4.69) is 24.5 Å². The summed E-state index contributed by atoms with van der Waals surface area (Å²) in [6, 6.07) is 17.8. The van der Waals surface area contributed by atoms with Crippen molar-refractivity contribution in [1.82, 2.24) is 10.6 Å². The number of carbonyl (C=O) groups is 1. The van der Waals surface area contributed by atoms with Gasteiger partial charge in [0.15, 0.2) is 0 Å².